The van der Waals surface area contributed by atoms with Crippen LogP contribution >= 0.6 is 0 Å². The van der Waals surface area contributed by atoms with Crippen molar-refractivity contribution in [1.29, 1.82) is 0 Å². The van der Waals surface area contributed by atoms with Crippen molar-refractivity contribution in [3.05, 3.63) is 0 Å². The molecule has 0 unspecified atom stereocenters. The second-order valence-electron chi connectivity index (χ2n) is 5.24. The molecule has 0 aliphatic heterocycles. The van der Waals surface area contributed by atoms with E-state index in [0.29, 0.717) is 18.0 Å². The standard InChI is InChI=1S/C12H22N4O/c1-9(2)7-8-16(10-5-3-4-6-10)12-15-14-11(13)17-12/h9-10H,3-8H2,1-2H3,(H2,13,14). The first-order chi connectivity index (χ1) is 8.16. The number of nitrogens with zero attached hydrogens (tertiary/aromatic N) is 3. The van der Waals surface area contributed by atoms with E-state index in [1.54, 1.807) is 0 Å². The fraction of sp³-hybridized carbons (Fsp3) is 0.833. The molecule has 0 amide bonds. The third kappa shape index (κ3) is 3.11. The van der Waals surface area contributed by atoms with Gasteiger partial charge in [-0.1, -0.05) is 36.9 Å². The average molecular weight is 238 g/mol. The first-order valence-corrected chi connectivity index (χ1v) is 6.52. The topological polar surface area (TPSA) is 68.2 Å². The first-order valence-electron chi connectivity index (χ1n) is 6.52. The average Bonchev–Trinajstić information content (AvgIpc) is 2.90. The Balaban J connectivity index is 2.05. The predicted molar refractivity (Wildman–Crippen MR) is 67.8 cm³/mol. The quantitative estimate of drug-likeness (QED) is 0.853. The molecule has 0 spiro atoms. The molecule has 1 aromatic heterocycles. The first kappa shape index (κ1) is 12.2. The molecule has 1 fully saturated rings. The number of hydrogen-bond acceptors (Lipinski definition) is 5. The van der Waals surface area contributed by atoms with Crippen LogP contribution in [0.25, 0.3) is 0 Å². The van der Waals surface area contributed by atoms with E-state index in [1.807, 2.05) is 0 Å². The molecule has 0 atom stereocenters. The van der Waals surface area contributed by atoms with Crippen LogP contribution in [0.3, 0.4) is 0 Å². The number of aromatic nitrogens is 2. The summed E-state index contributed by atoms with van der Waals surface area (Å²) >= 11 is 0. The third-order valence-corrected chi connectivity index (χ3v) is 3.39. The van der Waals surface area contributed by atoms with Gasteiger partial charge in [0.2, 0.25) is 0 Å². The van der Waals surface area contributed by atoms with Crippen LogP contribution in [0.1, 0.15) is 46.0 Å². The zero-order chi connectivity index (χ0) is 12.3. The number of nitrogen functional groups attached to an aromatic ring is 1. The van der Waals surface area contributed by atoms with Crippen molar-refractivity contribution < 1.29 is 4.42 Å². The second-order valence-corrected chi connectivity index (χ2v) is 5.24. The fourth-order valence-corrected chi connectivity index (χ4v) is 2.39. The summed E-state index contributed by atoms with van der Waals surface area (Å²) in [5.41, 5.74) is 5.50. The van der Waals surface area contributed by atoms with Crippen molar-refractivity contribution >= 4 is 12.0 Å². The van der Waals surface area contributed by atoms with Gasteiger partial charge in [-0.3, -0.25) is 0 Å². The molecular formula is C12H22N4O. The number of nitrogens with two attached hydrogens (primary N) is 1. The Labute approximate surface area is 102 Å². The maximum absolute atomic E-state index is 5.50. The van der Waals surface area contributed by atoms with Crippen LogP contribution in [0.15, 0.2) is 4.42 Å². The van der Waals surface area contributed by atoms with Gasteiger partial charge in [0.05, 0.1) is 0 Å². The molecule has 0 bridgehead atoms. The van der Waals surface area contributed by atoms with Crippen molar-refractivity contribution in [3.8, 4) is 0 Å². The molecule has 2 N–H and O–H groups in total. The number of hydrogen-bond donors (Lipinski definition) is 1. The highest BCUT2D eigenvalue weighted by Gasteiger charge is 2.26. The Morgan fingerprint density at radius 1 is 1.35 bits per heavy atom. The predicted octanol–water partition coefficient (Wildman–Crippen LogP) is 2.45. The van der Waals surface area contributed by atoms with Crippen LogP contribution in [0.5, 0.6) is 0 Å². The van der Waals surface area contributed by atoms with E-state index in [0.717, 1.165) is 13.0 Å². The Morgan fingerprint density at radius 2 is 2.06 bits per heavy atom. The minimum atomic E-state index is 0.160. The lowest BCUT2D eigenvalue weighted by Gasteiger charge is -2.27. The molecule has 17 heavy (non-hydrogen) atoms. The smallest absolute Gasteiger partial charge is 0.319 e. The summed E-state index contributed by atoms with van der Waals surface area (Å²) in [6.07, 6.45) is 6.18. The highest BCUT2D eigenvalue weighted by Crippen LogP contribution is 2.28. The Kier molecular flexibility index (Phi) is 3.86. The van der Waals surface area contributed by atoms with E-state index in [-0.39, 0.29) is 6.01 Å². The van der Waals surface area contributed by atoms with Gasteiger partial charge in [0.1, 0.15) is 0 Å². The zero-order valence-corrected chi connectivity index (χ0v) is 10.7. The third-order valence-electron chi connectivity index (χ3n) is 3.39. The summed E-state index contributed by atoms with van der Waals surface area (Å²) in [6.45, 7) is 5.44. The lowest BCUT2D eigenvalue weighted by atomic mass is 10.1. The Bertz CT molecular complexity index is 344. The largest absolute Gasteiger partial charge is 0.390 e. The summed E-state index contributed by atoms with van der Waals surface area (Å²) in [6, 6.07) is 1.30. The van der Waals surface area contributed by atoms with E-state index in [9.17, 15) is 0 Å². The van der Waals surface area contributed by atoms with Crippen molar-refractivity contribution in [2.24, 2.45) is 5.92 Å². The van der Waals surface area contributed by atoms with Crippen LogP contribution in [0.4, 0.5) is 12.0 Å². The SMILES string of the molecule is CC(C)CCN(c1nnc(N)o1)C1CCCC1. The van der Waals surface area contributed by atoms with Crippen LogP contribution in [-0.4, -0.2) is 22.8 Å². The van der Waals surface area contributed by atoms with Gasteiger partial charge in [0, 0.05) is 12.6 Å². The molecule has 5 heteroatoms. The summed E-state index contributed by atoms with van der Waals surface area (Å²) in [4.78, 5) is 2.25. The summed E-state index contributed by atoms with van der Waals surface area (Å²) in [5, 5.41) is 7.78. The molecule has 5 nitrogen and oxygen atoms in total. The monoisotopic (exact) mass is 238 g/mol. The number of rotatable bonds is 5. The van der Waals surface area contributed by atoms with E-state index in [4.69, 9.17) is 10.2 Å². The number of anilines is 2. The molecule has 1 heterocycles. The van der Waals surface area contributed by atoms with E-state index in [2.05, 4.69) is 28.9 Å². The highest BCUT2D eigenvalue weighted by atomic mass is 16.4. The normalized spacial score (nSPS) is 16.9. The van der Waals surface area contributed by atoms with Crippen molar-refractivity contribution in [2.45, 2.75) is 52.0 Å². The summed E-state index contributed by atoms with van der Waals surface area (Å²) in [7, 11) is 0. The Morgan fingerprint density at radius 3 is 2.59 bits per heavy atom. The molecule has 1 saturated carbocycles. The zero-order valence-electron chi connectivity index (χ0n) is 10.7. The van der Waals surface area contributed by atoms with Gasteiger partial charge >= 0.3 is 12.0 Å². The van der Waals surface area contributed by atoms with E-state index in [1.165, 1.54) is 25.7 Å². The van der Waals surface area contributed by atoms with E-state index < -0.39 is 0 Å². The molecule has 1 aliphatic carbocycles. The molecule has 2 rings (SSSR count). The lowest BCUT2D eigenvalue weighted by Crippen LogP contribution is -2.35. The van der Waals surface area contributed by atoms with Gasteiger partial charge in [-0.25, -0.2) is 0 Å². The van der Waals surface area contributed by atoms with Crippen molar-refractivity contribution in [2.75, 3.05) is 17.2 Å². The van der Waals surface area contributed by atoms with Crippen LogP contribution < -0.4 is 10.6 Å². The molecule has 0 saturated heterocycles. The molecular weight excluding hydrogens is 216 g/mol. The van der Waals surface area contributed by atoms with Gasteiger partial charge < -0.3 is 15.1 Å². The Hall–Kier alpha value is -1.26. The summed E-state index contributed by atoms with van der Waals surface area (Å²) in [5.74, 6) is 0.680. The van der Waals surface area contributed by atoms with Gasteiger partial charge in [-0.15, -0.1) is 0 Å². The summed E-state index contributed by atoms with van der Waals surface area (Å²) < 4.78 is 5.37. The molecule has 1 aromatic rings. The molecule has 0 radical (unpaired) electrons. The second kappa shape index (κ2) is 5.38. The van der Waals surface area contributed by atoms with Crippen LogP contribution in [0.2, 0.25) is 0 Å². The molecule has 1 aliphatic rings. The van der Waals surface area contributed by atoms with E-state index >= 15 is 0 Å². The van der Waals surface area contributed by atoms with Gasteiger partial charge in [0.25, 0.3) is 0 Å². The highest BCUT2D eigenvalue weighted by molar-refractivity contribution is 5.30. The molecule has 0 aromatic carbocycles. The maximum atomic E-state index is 5.50. The van der Waals surface area contributed by atoms with Crippen LogP contribution in [-0.2, 0) is 0 Å². The van der Waals surface area contributed by atoms with Crippen molar-refractivity contribution in [1.82, 2.24) is 10.2 Å². The minimum absolute atomic E-state index is 0.160. The van der Waals surface area contributed by atoms with Gasteiger partial charge in [-0.2, -0.15) is 0 Å². The van der Waals surface area contributed by atoms with Crippen molar-refractivity contribution in [3.63, 3.8) is 0 Å². The minimum Gasteiger partial charge on any atom is -0.390 e. The molecule has 96 valence electrons. The van der Waals surface area contributed by atoms with Gasteiger partial charge in [-0.05, 0) is 25.2 Å². The fourth-order valence-electron chi connectivity index (χ4n) is 2.39. The lowest BCUT2D eigenvalue weighted by molar-refractivity contribution is 0.473. The van der Waals surface area contributed by atoms with Gasteiger partial charge in [0.15, 0.2) is 0 Å². The van der Waals surface area contributed by atoms with Crippen LogP contribution in [0, 0.1) is 5.92 Å². The maximum Gasteiger partial charge on any atom is 0.319 e.